The van der Waals surface area contributed by atoms with Gasteiger partial charge in [-0.3, -0.25) is 4.79 Å². The SMILES string of the molecule is CC(=O)N(/N=C/c1cccs1)c1ncc(N2CCN(c3ccc(Cl)cn3)CC2)s1. The van der Waals surface area contributed by atoms with Crippen molar-refractivity contribution in [3.63, 3.8) is 0 Å². The van der Waals surface area contributed by atoms with Gasteiger partial charge in [0, 0.05) is 44.2 Å². The third-order valence-electron chi connectivity index (χ3n) is 4.43. The molecule has 1 amide bonds. The summed E-state index contributed by atoms with van der Waals surface area (Å²) in [6.45, 7) is 4.91. The highest BCUT2D eigenvalue weighted by atomic mass is 35.5. The van der Waals surface area contributed by atoms with Crippen molar-refractivity contribution in [3.8, 4) is 0 Å². The van der Waals surface area contributed by atoms with E-state index in [9.17, 15) is 4.79 Å². The van der Waals surface area contributed by atoms with Crippen molar-refractivity contribution in [1.29, 1.82) is 0 Å². The summed E-state index contributed by atoms with van der Waals surface area (Å²) in [7, 11) is 0. The number of carbonyl (C=O) groups excluding carboxylic acids is 1. The average Bonchev–Trinajstić information content (AvgIpc) is 3.41. The summed E-state index contributed by atoms with van der Waals surface area (Å²) in [6, 6.07) is 7.71. The highest BCUT2D eigenvalue weighted by molar-refractivity contribution is 7.19. The molecule has 1 saturated heterocycles. The lowest BCUT2D eigenvalue weighted by Gasteiger charge is -2.35. The van der Waals surface area contributed by atoms with E-state index in [1.165, 1.54) is 23.3 Å². The maximum Gasteiger partial charge on any atom is 0.246 e. The molecule has 1 fully saturated rings. The number of pyridine rings is 1. The minimum Gasteiger partial charge on any atom is -0.359 e. The third-order valence-corrected chi connectivity index (χ3v) is 6.50. The number of halogens is 1. The van der Waals surface area contributed by atoms with E-state index >= 15 is 0 Å². The van der Waals surface area contributed by atoms with Crippen LogP contribution in [0, 0.1) is 0 Å². The van der Waals surface area contributed by atoms with Crippen molar-refractivity contribution in [1.82, 2.24) is 9.97 Å². The highest BCUT2D eigenvalue weighted by Crippen LogP contribution is 2.31. The third kappa shape index (κ3) is 4.75. The number of rotatable bonds is 5. The Bertz CT molecular complexity index is 981. The van der Waals surface area contributed by atoms with Crippen LogP contribution in [0.25, 0.3) is 0 Å². The molecule has 10 heteroatoms. The molecule has 4 rings (SSSR count). The molecule has 0 saturated carbocycles. The average molecular weight is 447 g/mol. The van der Waals surface area contributed by atoms with E-state index in [0.29, 0.717) is 10.2 Å². The van der Waals surface area contributed by atoms with Crippen LogP contribution in [0.2, 0.25) is 5.02 Å². The number of carbonyl (C=O) groups is 1. The number of thiophene rings is 1. The predicted octanol–water partition coefficient (Wildman–Crippen LogP) is 3.97. The van der Waals surface area contributed by atoms with Gasteiger partial charge in [-0.15, -0.1) is 11.3 Å². The number of thiazole rings is 1. The molecular formula is C19H19ClN6OS2. The number of amides is 1. The van der Waals surface area contributed by atoms with Gasteiger partial charge in [0.2, 0.25) is 11.0 Å². The first-order valence-electron chi connectivity index (χ1n) is 9.05. The van der Waals surface area contributed by atoms with E-state index in [0.717, 1.165) is 41.9 Å². The maximum absolute atomic E-state index is 12.1. The van der Waals surface area contributed by atoms with E-state index in [4.69, 9.17) is 11.6 Å². The first-order valence-corrected chi connectivity index (χ1v) is 11.1. The predicted molar refractivity (Wildman–Crippen MR) is 121 cm³/mol. The van der Waals surface area contributed by atoms with Crippen LogP contribution in [-0.4, -0.2) is 48.3 Å². The summed E-state index contributed by atoms with van der Waals surface area (Å²) in [4.78, 5) is 26.4. The first kappa shape index (κ1) is 19.8. The minimum atomic E-state index is -0.169. The second-order valence-corrected chi connectivity index (χ2v) is 8.78. The lowest BCUT2D eigenvalue weighted by atomic mass is 10.3. The van der Waals surface area contributed by atoms with E-state index in [1.807, 2.05) is 35.8 Å². The number of aromatic nitrogens is 2. The van der Waals surface area contributed by atoms with E-state index < -0.39 is 0 Å². The fourth-order valence-electron chi connectivity index (χ4n) is 2.96. The molecule has 0 N–H and O–H groups in total. The number of nitrogens with zero attached hydrogens (tertiary/aromatic N) is 6. The molecule has 1 aliphatic rings. The van der Waals surface area contributed by atoms with Crippen LogP contribution in [0.1, 0.15) is 11.8 Å². The van der Waals surface area contributed by atoms with Gasteiger partial charge >= 0.3 is 0 Å². The number of hydrogen-bond donors (Lipinski definition) is 0. The fourth-order valence-corrected chi connectivity index (χ4v) is 4.62. The van der Waals surface area contributed by atoms with Crippen LogP contribution in [0.3, 0.4) is 0 Å². The molecule has 0 spiro atoms. The van der Waals surface area contributed by atoms with Crippen molar-refractivity contribution in [2.75, 3.05) is 41.0 Å². The molecule has 1 aliphatic heterocycles. The van der Waals surface area contributed by atoms with Gasteiger partial charge in [-0.25, -0.2) is 9.97 Å². The van der Waals surface area contributed by atoms with Crippen LogP contribution in [-0.2, 0) is 4.79 Å². The first-order chi connectivity index (χ1) is 14.1. The standard InChI is InChI=1S/C19H19ClN6OS2/c1-14(27)26(23-12-16-3-2-10-28-16)19-22-13-18(29-19)25-8-6-24(7-9-25)17-5-4-15(20)11-21-17/h2-5,10-13H,6-9H2,1H3/b23-12+. The summed E-state index contributed by atoms with van der Waals surface area (Å²) in [5, 5.41) is 9.89. The van der Waals surface area contributed by atoms with Gasteiger partial charge in [-0.05, 0) is 23.6 Å². The molecular weight excluding hydrogens is 428 g/mol. The molecule has 0 unspecified atom stereocenters. The normalized spacial score (nSPS) is 14.6. The Morgan fingerprint density at radius 1 is 1.17 bits per heavy atom. The zero-order valence-electron chi connectivity index (χ0n) is 15.7. The Balaban J connectivity index is 1.42. The second kappa shape index (κ2) is 8.89. The Morgan fingerprint density at radius 2 is 1.97 bits per heavy atom. The molecule has 150 valence electrons. The lowest BCUT2D eigenvalue weighted by molar-refractivity contribution is -0.116. The van der Waals surface area contributed by atoms with E-state index in [2.05, 4.69) is 24.9 Å². The van der Waals surface area contributed by atoms with Gasteiger partial charge in [-0.1, -0.05) is 29.0 Å². The fraction of sp³-hybridized carbons (Fsp3) is 0.263. The lowest BCUT2D eigenvalue weighted by Crippen LogP contribution is -2.46. The van der Waals surface area contributed by atoms with Crippen LogP contribution >= 0.6 is 34.3 Å². The van der Waals surface area contributed by atoms with E-state index in [1.54, 1.807) is 23.7 Å². The summed E-state index contributed by atoms with van der Waals surface area (Å²) in [5.74, 6) is 0.766. The van der Waals surface area contributed by atoms with Crippen LogP contribution in [0.4, 0.5) is 16.0 Å². The Hall–Kier alpha value is -2.49. The molecule has 7 nitrogen and oxygen atoms in total. The van der Waals surface area contributed by atoms with Gasteiger partial charge in [0.1, 0.15) is 10.8 Å². The number of piperazine rings is 1. The molecule has 0 bridgehead atoms. The van der Waals surface area contributed by atoms with Crippen molar-refractivity contribution >= 4 is 62.3 Å². The largest absolute Gasteiger partial charge is 0.359 e. The molecule has 0 aliphatic carbocycles. The summed E-state index contributed by atoms with van der Waals surface area (Å²) >= 11 is 8.96. The van der Waals surface area contributed by atoms with Crippen LogP contribution < -0.4 is 14.8 Å². The molecule has 29 heavy (non-hydrogen) atoms. The van der Waals surface area contributed by atoms with Crippen molar-refractivity contribution in [2.24, 2.45) is 5.10 Å². The molecule has 0 atom stereocenters. The quantitative estimate of drug-likeness (QED) is 0.438. The molecule has 3 aromatic heterocycles. The molecule has 3 aromatic rings. The van der Waals surface area contributed by atoms with Gasteiger partial charge in [-0.2, -0.15) is 10.1 Å². The van der Waals surface area contributed by atoms with Crippen molar-refractivity contribution in [3.05, 3.63) is 51.9 Å². The summed E-state index contributed by atoms with van der Waals surface area (Å²) in [5.41, 5.74) is 0. The smallest absolute Gasteiger partial charge is 0.246 e. The number of anilines is 3. The Labute approximate surface area is 181 Å². The molecule has 0 radical (unpaired) electrons. The maximum atomic E-state index is 12.1. The molecule has 4 heterocycles. The van der Waals surface area contributed by atoms with Crippen molar-refractivity contribution in [2.45, 2.75) is 6.92 Å². The number of hydrogen-bond acceptors (Lipinski definition) is 8. The van der Waals surface area contributed by atoms with Gasteiger partial charge in [0.25, 0.3) is 0 Å². The second-order valence-electron chi connectivity index (χ2n) is 6.38. The Morgan fingerprint density at radius 3 is 2.62 bits per heavy atom. The van der Waals surface area contributed by atoms with Crippen molar-refractivity contribution < 1.29 is 4.79 Å². The zero-order chi connectivity index (χ0) is 20.2. The van der Waals surface area contributed by atoms with Crippen LogP contribution in [0.15, 0.2) is 47.1 Å². The van der Waals surface area contributed by atoms with Crippen LogP contribution in [0.5, 0.6) is 0 Å². The number of hydrazone groups is 1. The monoisotopic (exact) mass is 446 g/mol. The van der Waals surface area contributed by atoms with Gasteiger partial charge in [0.15, 0.2) is 0 Å². The Kier molecular flexibility index (Phi) is 6.08. The summed E-state index contributed by atoms with van der Waals surface area (Å²) in [6.07, 6.45) is 5.17. The highest BCUT2D eigenvalue weighted by Gasteiger charge is 2.22. The zero-order valence-corrected chi connectivity index (χ0v) is 18.1. The summed E-state index contributed by atoms with van der Waals surface area (Å²) < 4.78 is 0. The van der Waals surface area contributed by atoms with E-state index in [-0.39, 0.29) is 5.91 Å². The van der Waals surface area contributed by atoms with Gasteiger partial charge in [0.05, 0.1) is 17.4 Å². The topological polar surface area (TPSA) is 64.9 Å². The molecule has 0 aromatic carbocycles. The van der Waals surface area contributed by atoms with Gasteiger partial charge < -0.3 is 9.80 Å². The minimum absolute atomic E-state index is 0.169.